The summed E-state index contributed by atoms with van der Waals surface area (Å²) in [5, 5.41) is 19.6. The molecule has 0 aliphatic rings. The number of primary amides is 1. The average molecular weight is 320 g/mol. The summed E-state index contributed by atoms with van der Waals surface area (Å²) in [6, 6.07) is 4.20. The Bertz CT molecular complexity index is 813. The Labute approximate surface area is 130 Å². The topological polar surface area (TPSA) is 143 Å². The van der Waals surface area contributed by atoms with Crippen molar-refractivity contribution in [3.8, 4) is 0 Å². The number of fused-ring (bicyclic) bond motifs is 1. The predicted octanol–water partition coefficient (Wildman–Crippen LogP) is -0.416. The average Bonchev–Trinajstić information content (AvgIpc) is 2.53. The number of carbonyl (C=O) groups excluding carboxylic acids is 2. The number of rotatable bonds is 5. The van der Waals surface area contributed by atoms with Gasteiger partial charge in [-0.2, -0.15) is 0 Å². The van der Waals surface area contributed by atoms with Crippen LogP contribution < -0.4 is 11.2 Å². The number of aliphatic hydroxyl groups excluding tert-OH is 2. The summed E-state index contributed by atoms with van der Waals surface area (Å²) in [6.07, 6.45) is -2.14. The molecule has 1 aromatic carbocycles. The van der Waals surface area contributed by atoms with Crippen molar-refractivity contribution in [3.63, 3.8) is 0 Å². The molecule has 0 radical (unpaired) electrons. The number of amides is 1. The van der Waals surface area contributed by atoms with E-state index < -0.39 is 29.5 Å². The van der Waals surface area contributed by atoms with Crippen molar-refractivity contribution in [3.05, 3.63) is 45.7 Å². The molecule has 5 N–H and O–H groups in total. The first-order valence-corrected chi connectivity index (χ1v) is 6.84. The standard InChI is InChI=1S/C15H16N2O6/c1-2-23-15(22)9-6-17-10-4-3-7(5-8(10)12(9)19)11(18)13(20)14(16)21/h3-6,11,13,18,20H,2H2,1H3,(H2,16,21)(H,17,19). The van der Waals surface area contributed by atoms with Crippen molar-refractivity contribution in [1.29, 1.82) is 0 Å². The molecule has 2 unspecified atom stereocenters. The van der Waals surface area contributed by atoms with Gasteiger partial charge in [-0.3, -0.25) is 9.59 Å². The Morgan fingerprint density at radius 2 is 2.04 bits per heavy atom. The minimum Gasteiger partial charge on any atom is -0.462 e. The van der Waals surface area contributed by atoms with Gasteiger partial charge in [0.05, 0.1) is 6.61 Å². The fourth-order valence-electron chi connectivity index (χ4n) is 2.12. The number of pyridine rings is 1. The largest absolute Gasteiger partial charge is 0.462 e. The van der Waals surface area contributed by atoms with Crippen molar-refractivity contribution in [2.24, 2.45) is 5.73 Å². The van der Waals surface area contributed by atoms with Gasteiger partial charge in [0.2, 0.25) is 11.3 Å². The first-order chi connectivity index (χ1) is 10.9. The third-order valence-electron chi connectivity index (χ3n) is 3.33. The Hall–Kier alpha value is -2.71. The number of aromatic nitrogens is 1. The molecule has 0 spiro atoms. The van der Waals surface area contributed by atoms with Crippen molar-refractivity contribution in [2.45, 2.75) is 19.1 Å². The monoisotopic (exact) mass is 320 g/mol. The van der Waals surface area contributed by atoms with Gasteiger partial charge in [-0.15, -0.1) is 0 Å². The summed E-state index contributed by atoms with van der Waals surface area (Å²) in [5.74, 6) is -1.86. The molecule has 0 fully saturated rings. The van der Waals surface area contributed by atoms with Crippen LogP contribution in [0, 0.1) is 0 Å². The quantitative estimate of drug-likeness (QED) is 0.551. The number of H-pyrrole nitrogens is 1. The van der Waals surface area contributed by atoms with Gasteiger partial charge < -0.3 is 25.7 Å². The number of nitrogens with one attached hydrogen (secondary N) is 1. The number of hydrogen-bond acceptors (Lipinski definition) is 6. The number of ether oxygens (including phenoxy) is 1. The molecule has 122 valence electrons. The van der Waals surface area contributed by atoms with Crippen LogP contribution in [0.25, 0.3) is 10.9 Å². The third kappa shape index (κ3) is 3.22. The molecule has 1 amide bonds. The van der Waals surface area contributed by atoms with Gasteiger partial charge in [-0.25, -0.2) is 4.79 Å². The molecule has 2 aromatic rings. The van der Waals surface area contributed by atoms with Crippen LogP contribution >= 0.6 is 0 Å². The van der Waals surface area contributed by atoms with Crippen LogP contribution in [0.15, 0.2) is 29.2 Å². The number of carbonyl (C=O) groups is 2. The minimum atomic E-state index is -1.81. The molecule has 0 aliphatic carbocycles. The number of esters is 1. The van der Waals surface area contributed by atoms with Crippen LogP contribution in [0.1, 0.15) is 28.9 Å². The van der Waals surface area contributed by atoms with Gasteiger partial charge >= 0.3 is 5.97 Å². The van der Waals surface area contributed by atoms with E-state index in [1.165, 1.54) is 24.4 Å². The zero-order valence-corrected chi connectivity index (χ0v) is 12.3. The van der Waals surface area contributed by atoms with Crippen LogP contribution in [0.3, 0.4) is 0 Å². The van der Waals surface area contributed by atoms with E-state index in [4.69, 9.17) is 10.5 Å². The summed E-state index contributed by atoms with van der Waals surface area (Å²) >= 11 is 0. The SMILES string of the molecule is CCOC(=O)c1c[nH]c2ccc(C(O)C(O)C(N)=O)cc2c1=O. The summed E-state index contributed by atoms with van der Waals surface area (Å²) in [7, 11) is 0. The molecule has 0 saturated carbocycles. The lowest BCUT2D eigenvalue weighted by Gasteiger charge is -2.15. The minimum absolute atomic E-state index is 0.115. The van der Waals surface area contributed by atoms with Crippen LogP contribution in [-0.2, 0) is 9.53 Å². The van der Waals surface area contributed by atoms with Crippen molar-refractivity contribution in [2.75, 3.05) is 6.61 Å². The molecular formula is C15H16N2O6. The fourth-order valence-corrected chi connectivity index (χ4v) is 2.12. The molecule has 2 rings (SSSR count). The molecule has 1 heterocycles. The van der Waals surface area contributed by atoms with Crippen molar-refractivity contribution in [1.82, 2.24) is 4.98 Å². The Morgan fingerprint density at radius 1 is 1.35 bits per heavy atom. The van der Waals surface area contributed by atoms with E-state index >= 15 is 0 Å². The van der Waals surface area contributed by atoms with E-state index in [0.717, 1.165) is 0 Å². The van der Waals surface area contributed by atoms with Gasteiger partial charge in [-0.05, 0) is 24.6 Å². The lowest BCUT2D eigenvalue weighted by molar-refractivity contribution is -0.131. The summed E-state index contributed by atoms with van der Waals surface area (Å²) in [4.78, 5) is 37.8. The number of aromatic amines is 1. The van der Waals surface area contributed by atoms with Gasteiger partial charge in [-0.1, -0.05) is 6.07 Å². The van der Waals surface area contributed by atoms with Crippen LogP contribution in [0.4, 0.5) is 0 Å². The first kappa shape index (κ1) is 16.7. The molecule has 8 heteroatoms. The highest BCUT2D eigenvalue weighted by molar-refractivity contribution is 5.93. The van der Waals surface area contributed by atoms with Crippen molar-refractivity contribution < 1.29 is 24.5 Å². The zero-order chi connectivity index (χ0) is 17.1. The van der Waals surface area contributed by atoms with Crippen molar-refractivity contribution >= 4 is 22.8 Å². The van der Waals surface area contributed by atoms with Gasteiger partial charge in [0.1, 0.15) is 11.7 Å². The van der Waals surface area contributed by atoms with E-state index in [0.29, 0.717) is 5.52 Å². The van der Waals surface area contributed by atoms with E-state index in [2.05, 4.69) is 4.98 Å². The van der Waals surface area contributed by atoms with E-state index in [-0.39, 0.29) is 23.1 Å². The highest BCUT2D eigenvalue weighted by atomic mass is 16.5. The Balaban J connectivity index is 2.53. The van der Waals surface area contributed by atoms with E-state index in [1.54, 1.807) is 6.92 Å². The van der Waals surface area contributed by atoms with E-state index in [1.807, 2.05) is 0 Å². The molecule has 0 aliphatic heterocycles. The lowest BCUT2D eigenvalue weighted by Crippen LogP contribution is -2.33. The van der Waals surface area contributed by atoms with E-state index in [9.17, 15) is 24.6 Å². The molecular weight excluding hydrogens is 304 g/mol. The summed E-state index contributed by atoms with van der Waals surface area (Å²) in [5.41, 5.74) is 4.72. The molecule has 8 nitrogen and oxygen atoms in total. The normalized spacial score (nSPS) is 13.5. The fraction of sp³-hybridized carbons (Fsp3) is 0.267. The maximum Gasteiger partial charge on any atom is 0.343 e. The Morgan fingerprint density at radius 3 is 2.65 bits per heavy atom. The maximum absolute atomic E-state index is 12.4. The number of hydrogen-bond donors (Lipinski definition) is 4. The smallest absolute Gasteiger partial charge is 0.343 e. The molecule has 23 heavy (non-hydrogen) atoms. The summed E-state index contributed by atoms with van der Waals surface area (Å²) in [6.45, 7) is 1.74. The second kappa shape index (κ2) is 6.59. The molecule has 1 aromatic heterocycles. The van der Waals surface area contributed by atoms with Gasteiger partial charge in [0.25, 0.3) is 0 Å². The maximum atomic E-state index is 12.4. The number of aliphatic hydroxyl groups is 2. The molecule has 2 atom stereocenters. The zero-order valence-electron chi connectivity index (χ0n) is 12.3. The predicted molar refractivity (Wildman–Crippen MR) is 80.7 cm³/mol. The number of benzene rings is 1. The van der Waals surface area contributed by atoms with Gasteiger partial charge in [0.15, 0.2) is 6.10 Å². The second-order valence-electron chi connectivity index (χ2n) is 4.85. The molecule has 0 bridgehead atoms. The third-order valence-corrected chi connectivity index (χ3v) is 3.33. The second-order valence-corrected chi connectivity index (χ2v) is 4.85. The van der Waals surface area contributed by atoms with Crippen LogP contribution in [-0.4, -0.2) is 39.8 Å². The van der Waals surface area contributed by atoms with Crippen LogP contribution in [0.5, 0.6) is 0 Å². The van der Waals surface area contributed by atoms with Crippen LogP contribution in [0.2, 0.25) is 0 Å². The molecule has 0 saturated heterocycles. The number of nitrogens with two attached hydrogens (primary N) is 1. The Kier molecular flexibility index (Phi) is 4.77. The first-order valence-electron chi connectivity index (χ1n) is 6.84. The highest BCUT2D eigenvalue weighted by Crippen LogP contribution is 2.20. The van der Waals surface area contributed by atoms with Gasteiger partial charge in [0, 0.05) is 17.1 Å². The lowest BCUT2D eigenvalue weighted by atomic mass is 10.0. The highest BCUT2D eigenvalue weighted by Gasteiger charge is 2.24. The summed E-state index contributed by atoms with van der Waals surface area (Å²) < 4.78 is 4.80.